The molecule has 1 aromatic heterocycles. The highest BCUT2D eigenvalue weighted by molar-refractivity contribution is 9.10. The molecule has 1 atom stereocenters. The SMILES string of the molecule is Nc1nc2cc(Br)ccc2n1CC1CCCCO1. The minimum atomic E-state index is 0.266. The second-order valence-corrected chi connectivity index (χ2v) is 5.62. The average molecular weight is 310 g/mol. The number of imidazole rings is 1. The Morgan fingerprint density at radius 2 is 2.33 bits per heavy atom. The molecule has 0 radical (unpaired) electrons. The summed E-state index contributed by atoms with van der Waals surface area (Å²) in [5.74, 6) is 0.567. The standard InChI is InChI=1S/C13H16BrN3O/c14-9-4-5-12-11(7-9)16-13(15)17(12)8-10-3-1-2-6-18-10/h4-5,7,10H,1-3,6,8H2,(H2,15,16). The van der Waals surface area contributed by atoms with Crippen LogP contribution in [0.1, 0.15) is 19.3 Å². The van der Waals surface area contributed by atoms with Crippen LogP contribution in [-0.4, -0.2) is 22.3 Å². The van der Waals surface area contributed by atoms with Crippen molar-refractivity contribution in [1.29, 1.82) is 0 Å². The Balaban J connectivity index is 1.92. The molecule has 1 unspecified atom stereocenters. The lowest BCUT2D eigenvalue weighted by Gasteiger charge is -2.23. The maximum absolute atomic E-state index is 6.00. The molecule has 0 amide bonds. The highest BCUT2D eigenvalue weighted by Gasteiger charge is 2.17. The fourth-order valence-electron chi connectivity index (χ4n) is 2.47. The third kappa shape index (κ3) is 2.24. The summed E-state index contributed by atoms with van der Waals surface area (Å²) in [4.78, 5) is 4.39. The first-order valence-corrected chi connectivity index (χ1v) is 7.06. The zero-order chi connectivity index (χ0) is 12.5. The molecule has 96 valence electrons. The number of nitrogens with two attached hydrogens (primary N) is 1. The lowest BCUT2D eigenvalue weighted by Crippen LogP contribution is -2.25. The van der Waals surface area contributed by atoms with Crippen LogP contribution in [0.25, 0.3) is 11.0 Å². The van der Waals surface area contributed by atoms with E-state index in [0.29, 0.717) is 5.95 Å². The number of aromatic nitrogens is 2. The number of ether oxygens (including phenoxy) is 1. The molecule has 1 aromatic carbocycles. The van der Waals surface area contributed by atoms with Crippen LogP contribution in [0.5, 0.6) is 0 Å². The molecule has 0 saturated carbocycles. The fraction of sp³-hybridized carbons (Fsp3) is 0.462. The summed E-state index contributed by atoms with van der Waals surface area (Å²) in [6.07, 6.45) is 3.78. The number of halogens is 1. The van der Waals surface area contributed by atoms with Crippen molar-refractivity contribution in [2.24, 2.45) is 0 Å². The van der Waals surface area contributed by atoms with Gasteiger partial charge in [-0.3, -0.25) is 0 Å². The van der Waals surface area contributed by atoms with Crippen LogP contribution >= 0.6 is 15.9 Å². The number of nitrogens with zero attached hydrogens (tertiary/aromatic N) is 2. The van der Waals surface area contributed by atoms with Gasteiger partial charge in [-0.25, -0.2) is 4.98 Å². The third-order valence-electron chi connectivity index (χ3n) is 3.40. The van der Waals surface area contributed by atoms with Gasteiger partial charge in [-0.05, 0) is 37.5 Å². The Hall–Kier alpha value is -1.07. The Labute approximate surface area is 114 Å². The maximum Gasteiger partial charge on any atom is 0.201 e. The Morgan fingerprint density at radius 3 is 3.11 bits per heavy atom. The molecule has 18 heavy (non-hydrogen) atoms. The first kappa shape index (κ1) is 12.0. The molecule has 1 aliphatic rings. The molecular weight excluding hydrogens is 294 g/mol. The molecule has 0 aliphatic carbocycles. The lowest BCUT2D eigenvalue weighted by atomic mass is 10.1. The van der Waals surface area contributed by atoms with E-state index in [-0.39, 0.29) is 6.10 Å². The molecule has 2 heterocycles. The van der Waals surface area contributed by atoms with Gasteiger partial charge in [0.05, 0.1) is 23.7 Å². The van der Waals surface area contributed by atoms with Crippen molar-refractivity contribution in [1.82, 2.24) is 9.55 Å². The third-order valence-corrected chi connectivity index (χ3v) is 3.89. The van der Waals surface area contributed by atoms with Crippen molar-refractivity contribution in [2.45, 2.75) is 31.9 Å². The van der Waals surface area contributed by atoms with Gasteiger partial charge in [-0.15, -0.1) is 0 Å². The van der Waals surface area contributed by atoms with Crippen LogP contribution in [-0.2, 0) is 11.3 Å². The Morgan fingerprint density at radius 1 is 1.44 bits per heavy atom. The highest BCUT2D eigenvalue weighted by Crippen LogP contribution is 2.24. The summed E-state index contributed by atoms with van der Waals surface area (Å²) in [7, 11) is 0. The number of hydrogen-bond acceptors (Lipinski definition) is 3. The van der Waals surface area contributed by atoms with Crippen molar-refractivity contribution in [3.05, 3.63) is 22.7 Å². The molecule has 2 N–H and O–H groups in total. The van der Waals surface area contributed by atoms with Gasteiger partial charge in [-0.1, -0.05) is 15.9 Å². The lowest BCUT2D eigenvalue weighted by molar-refractivity contribution is 0.00694. The van der Waals surface area contributed by atoms with Gasteiger partial charge in [-0.2, -0.15) is 0 Å². The Kier molecular flexibility index (Phi) is 3.26. The molecule has 2 aromatic rings. The van der Waals surface area contributed by atoms with E-state index < -0.39 is 0 Å². The smallest absolute Gasteiger partial charge is 0.201 e. The second-order valence-electron chi connectivity index (χ2n) is 4.70. The van der Waals surface area contributed by atoms with Crippen molar-refractivity contribution >= 4 is 32.9 Å². The second kappa shape index (κ2) is 4.90. The van der Waals surface area contributed by atoms with Crippen molar-refractivity contribution in [2.75, 3.05) is 12.3 Å². The summed E-state index contributed by atoms with van der Waals surface area (Å²) in [6, 6.07) is 6.05. The number of anilines is 1. The predicted octanol–water partition coefficient (Wildman–Crippen LogP) is 2.95. The average Bonchev–Trinajstić information content (AvgIpc) is 2.66. The maximum atomic E-state index is 6.00. The zero-order valence-corrected chi connectivity index (χ0v) is 11.7. The van der Waals surface area contributed by atoms with Gasteiger partial charge < -0.3 is 15.0 Å². The van der Waals surface area contributed by atoms with Gasteiger partial charge in [0.25, 0.3) is 0 Å². The van der Waals surface area contributed by atoms with Gasteiger partial charge >= 0.3 is 0 Å². The normalized spacial score (nSPS) is 20.4. The summed E-state index contributed by atoms with van der Waals surface area (Å²) in [5.41, 5.74) is 8.00. The van der Waals surface area contributed by atoms with Gasteiger partial charge in [0.15, 0.2) is 0 Å². The largest absolute Gasteiger partial charge is 0.376 e. The number of nitrogen functional groups attached to an aromatic ring is 1. The predicted molar refractivity (Wildman–Crippen MR) is 75.4 cm³/mol. The summed E-state index contributed by atoms with van der Waals surface area (Å²) >= 11 is 3.45. The number of fused-ring (bicyclic) bond motifs is 1. The minimum Gasteiger partial charge on any atom is -0.376 e. The summed E-state index contributed by atoms with van der Waals surface area (Å²) < 4.78 is 8.84. The zero-order valence-electron chi connectivity index (χ0n) is 10.1. The van der Waals surface area contributed by atoms with Crippen LogP contribution in [0.15, 0.2) is 22.7 Å². The molecule has 0 spiro atoms. The Bertz CT molecular complexity index is 561. The van der Waals surface area contributed by atoms with E-state index in [1.54, 1.807) is 0 Å². The first-order chi connectivity index (χ1) is 8.74. The van der Waals surface area contributed by atoms with Gasteiger partial charge in [0, 0.05) is 11.1 Å². The number of rotatable bonds is 2. The molecule has 5 heteroatoms. The molecule has 0 bridgehead atoms. The van der Waals surface area contributed by atoms with Crippen LogP contribution in [0.3, 0.4) is 0 Å². The van der Waals surface area contributed by atoms with Crippen molar-refractivity contribution in [3.8, 4) is 0 Å². The summed E-state index contributed by atoms with van der Waals surface area (Å²) in [5, 5.41) is 0. The van der Waals surface area contributed by atoms with Crippen molar-refractivity contribution in [3.63, 3.8) is 0 Å². The van der Waals surface area contributed by atoms with Crippen LogP contribution in [0.2, 0.25) is 0 Å². The molecule has 3 rings (SSSR count). The number of hydrogen-bond donors (Lipinski definition) is 1. The van der Waals surface area contributed by atoms with E-state index in [1.807, 2.05) is 18.2 Å². The van der Waals surface area contributed by atoms with Crippen molar-refractivity contribution < 1.29 is 4.74 Å². The van der Waals surface area contributed by atoms with E-state index in [2.05, 4.69) is 25.5 Å². The van der Waals surface area contributed by atoms with E-state index in [0.717, 1.165) is 35.1 Å². The summed E-state index contributed by atoms with van der Waals surface area (Å²) in [6.45, 7) is 1.66. The van der Waals surface area contributed by atoms with Crippen LogP contribution < -0.4 is 5.73 Å². The number of benzene rings is 1. The monoisotopic (exact) mass is 309 g/mol. The topological polar surface area (TPSA) is 53.1 Å². The van der Waals surface area contributed by atoms with E-state index in [9.17, 15) is 0 Å². The first-order valence-electron chi connectivity index (χ1n) is 6.27. The quantitative estimate of drug-likeness (QED) is 0.928. The highest BCUT2D eigenvalue weighted by atomic mass is 79.9. The molecule has 1 fully saturated rings. The van der Waals surface area contributed by atoms with E-state index in [1.165, 1.54) is 12.8 Å². The van der Waals surface area contributed by atoms with E-state index in [4.69, 9.17) is 10.5 Å². The molecule has 1 saturated heterocycles. The van der Waals surface area contributed by atoms with Crippen LogP contribution in [0.4, 0.5) is 5.95 Å². The molecule has 4 nitrogen and oxygen atoms in total. The van der Waals surface area contributed by atoms with Crippen LogP contribution in [0, 0.1) is 0 Å². The molecule has 1 aliphatic heterocycles. The fourth-order valence-corrected chi connectivity index (χ4v) is 2.82. The van der Waals surface area contributed by atoms with Gasteiger partial charge in [0.1, 0.15) is 0 Å². The minimum absolute atomic E-state index is 0.266. The molecular formula is C13H16BrN3O. The van der Waals surface area contributed by atoms with Gasteiger partial charge in [0.2, 0.25) is 5.95 Å². The van der Waals surface area contributed by atoms with E-state index >= 15 is 0 Å².